The second-order valence-corrected chi connectivity index (χ2v) is 7.12. The van der Waals surface area contributed by atoms with Gasteiger partial charge in [0.05, 0.1) is 0 Å². The highest BCUT2D eigenvalue weighted by Gasteiger charge is 2.12. The van der Waals surface area contributed by atoms with E-state index in [4.69, 9.17) is 0 Å². The van der Waals surface area contributed by atoms with Crippen molar-refractivity contribution in [2.45, 2.75) is 25.7 Å². The van der Waals surface area contributed by atoms with Crippen LogP contribution in [0.5, 0.6) is 0 Å². The molecule has 0 bridgehead atoms. The van der Waals surface area contributed by atoms with E-state index in [2.05, 4.69) is 92.6 Å². The minimum atomic E-state index is 0.496. The van der Waals surface area contributed by atoms with Crippen molar-refractivity contribution in [3.63, 3.8) is 0 Å². The molecule has 1 N–H and O–H groups in total. The molecule has 21 heavy (non-hydrogen) atoms. The number of benzene rings is 2. The Labute approximate surface area is 144 Å². The Morgan fingerprint density at radius 3 is 2.43 bits per heavy atom. The van der Waals surface area contributed by atoms with E-state index in [1.165, 1.54) is 17.5 Å². The first-order valence-electron chi connectivity index (χ1n) is 7.39. The molecule has 0 aliphatic heterocycles. The average Bonchev–Trinajstić information content (AvgIpc) is 2.48. The highest BCUT2D eigenvalue weighted by atomic mass is 79.9. The highest BCUT2D eigenvalue weighted by Crippen LogP contribution is 2.24. The van der Waals surface area contributed by atoms with Gasteiger partial charge in [-0.1, -0.05) is 63.0 Å². The van der Waals surface area contributed by atoms with Crippen molar-refractivity contribution in [3.8, 4) is 0 Å². The van der Waals surface area contributed by atoms with E-state index in [9.17, 15) is 0 Å². The van der Waals surface area contributed by atoms with Gasteiger partial charge in [-0.15, -0.1) is 0 Å². The number of rotatable bonds is 7. The van der Waals surface area contributed by atoms with E-state index in [1.54, 1.807) is 0 Å². The van der Waals surface area contributed by atoms with Crippen molar-refractivity contribution in [3.05, 3.63) is 68.6 Å². The number of hydrogen-bond acceptors (Lipinski definition) is 1. The lowest BCUT2D eigenvalue weighted by Crippen LogP contribution is -2.23. The summed E-state index contributed by atoms with van der Waals surface area (Å²) >= 11 is 7.08. The molecule has 1 nitrogen and oxygen atoms in total. The zero-order valence-electron chi connectivity index (χ0n) is 12.3. The molecule has 1 unspecified atom stereocenters. The van der Waals surface area contributed by atoms with Crippen LogP contribution in [0.25, 0.3) is 0 Å². The predicted octanol–water partition coefficient (Wildman–Crippen LogP) is 5.54. The molecule has 0 aliphatic rings. The first-order chi connectivity index (χ1) is 10.2. The molecule has 2 rings (SSSR count). The predicted molar refractivity (Wildman–Crippen MR) is 97.9 cm³/mol. The van der Waals surface area contributed by atoms with E-state index >= 15 is 0 Å². The number of hydrogen-bond donors (Lipinski definition) is 1. The number of nitrogens with one attached hydrogen (secondary N) is 1. The van der Waals surface area contributed by atoms with Crippen molar-refractivity contribution in [2.75, 3.05) is 13.1 Å². The van der Waals surface area contributed by atoms with Crippen molar-refractivity contribution in [2.24, 2.45) is 0 Å². The van der Waals surface area contributed by atoms with Crippen LogP contribution >= 0.6 is 31.9 Å². The molecule has 0 saturated carbocycles. The van der Waals surface area contributed by atoms with Crippen LogP contribution in [0.4, 0.5) is 0 Å². The molecule has 0 saturated heterocycles. The van der Waals surface area contributed by atoms with Gasteiger partial charge < -0.3 is 5.32 Å². The molecule has 0 heterocycles. The second-order valence-electron chi connectivity index (χ2n) is 5.29. The van der Waals surface area contributed by atoms with Crippen LogP contribution in [-0.2, 0) is 6.42 Å². The minimum absolute atomic E-state index is 0.496. The molecule has 3 heteroatoms. The molecule has 0 spiro atoms. The van der Waals surface area contributed by atoms with Gasteiger partial charge in [0.2, 0.25) is 0 Å². The van der Waals surface area contributed by atoms with Crippen LogP contribution in [0.2, 0.25) is 0 Å². The zero-order valence-corrected chi connectivity index (χ0v) is 15.5. The van der Waals surface area contributed by atoms with Crippen LogP contribution in [0.1, 0.15) is 30.4 Å². The SMILES string of the molecule is CCCNCC(Cc1ccc(Br)cc1)c1cccc(Br)c1. The largest absolute Gasteiger partial charge is 0.316 e. The van der Waals surface area contributed by atoms with E-state index < -0.39 is 0 Å². The molecule has 112 valence electrons. The monoisotopic (exact) mass is 409 g/mol. The third-order valence-electron chi connectivity index (χ3n) is 3.53. The summed E-state index contributed by atoms with van der Waals surface area (Å²) in [5.41, 5.74) is 2.76. The third-order valence-corrected chi connectivity index (χ3v) is 4.55. The van der Waals surface area contributed by atoms with Crippen molar-refractivity contribution < 1.29 is 0 Å². The molecule has 1 atom stereocenters. The van der Waals surface area contributed by atoms with E-state index in [1.807, 2.05) is 0 Å². The van der Waals surface area contributed by atoms with Crippen LogP contribution in [-0.4, -0.2) is 13.1 Å². The van der Waals surface area contributed by atoms with Gasteiger partial charge >= 0.3 is 0 Å². The van der Waals surface area contributed by atoms with E-state index in [0.29, 0.717) is 5.92 Å². The van der Waals surface area contributed by atoms with Gasteiger partial charge in [-0.05, 0) is 54.8 Å². The van der Waals surface area contributed by atoms with Gasteiger partial charge in [0.1, 0.15) is 0 Å². The quantitative estimate of drug-likeness (QED) is 0.591. The summed E-state index contributed by atoms with van der Waals surface area (Å²) in [6, 6.07) is 17.3. The van der Waals surface area contributed by atoms with E-state index in [-0.39, 0.29) is 0 Å². The molecule has 2 aromatic rings. The summed E-state index contributed by atoms with van der Waals surface area (Å²) in [6.07, 6.45) is 2.23. The lowest BCUT2D eigenvalue weighted by Gasteiger charge is -2.19. The second kappa shape index (κ2) is 8.72. The number of halogens is 2. The van der Waals surface area contributed by atoms with Gasteiger partial charge in [0.25, 0.3) is 0 Å². The molecule has 0 radical (unpaired) electrons. The molecule has 0 amide bonds. The van der Waals surface area contributed by atoms with Gasteiger partial charge in [-0.3, -0.25) is 0 Å². The van der Waals surface area contributed by atoms with Crippen molar-refractivity contribution in [1.82, 2.24) is 5.32 Å². The molecule has 0 fully saturated rings. The Kier molecular flexibility index (Phi) is 6.94. The lowest BCUT2D eigenvalue weighted by atomic mass is 9.92. The Hall–Kier alpha value is -0.640. The summed E-state index contributed by atoms with van der Waals surface area (Å²) < 4.78 is 2.28. The first-order valence-corrected chi connectivity index (χ1v) is 8.98. The molecule has 0 aliphatic carbocycles. The minimum Gasteiger partial charge on any atom is -0.316 e. The molecular formula is C18H21Br2N. The van der Waals surface area contributed by atoms with Crippen LogP contribution < -0.4 is 5.32 Å². The first kappa shape index (κ1) is 16.7. The fourth-order valence-corrected chi connectivity index (χ4v) is 3.11. The molecule has 0 aromatic heterocycles. The molecule has 2 aromatic carbocycles. The fraction of sp³-hybridized carbons (Fsp3) is 0.333. The lowest BCUT2D eigenvalue weighted by molar-refractivity contribution is 0.576. The van der Waals surface area contributed by atoms with Gasteiger partial charge in [0.15, 0.2) is 0 Å². The highest BCUT2D eigenvalue weighted by molar-refractivity contribution is 9.10. The maximum Gasteiger partial charge on any atom is 0.0178 e. The summed E-state index contributed by atoms with van der Waals surface area (Å²) in [5, 5.41) is 3.56. The maximum absolute atomic E-state index is 3.58. The maximum atomic E-state index is 3.58. The zero-order chi connectivity index (χ0) is 15.1. The fourth-order valence-electron chi connectivity index (χ4n) is 2.43. The standard InChI is InChI=1S/C18H21Br2N/c1-2-10-21-13-16(15-4-3-5-18(20)12-15)11-14-6-8-17(19)9-7-14/h3-9,12,16,21H,2,10-11,13H2,1H3. The average molecular weight is 411 g/mol. The Bertz CT molecular complexity index is 551. The van der Waals surface area contributed by atoms with Gasteiger partial charge in [-0.2, -0.15) is 0 Å². The Balaban J connectivity index is 2.13. The smallest absolute Gasteiger partial charge is 0.0178 e. The van der Waals surface area contributed by atoms with Crippen molar-refractivity contribution in [1.29, 1.82) is 0 Å². The van der Waals surface area contributed by atoms with Crippen LogP contribution in [0.15, 0.2) is 57.5 Å². The Morgan fingerprint density at radius 1 is 1.00 bits per heavy atom. The topological polar surface area (TPSA) is 12.0 Å². The van der Waals surface area contributed by atoms with Gasteiger partial charge in [-0.25, -0.2) is 0 Å². The summed E-state index contributed by atoms with van der Waals surface area (Å²) in [7, 11) is 0. The Morgan fingerprint density at radius 2 is 1.76 bits per heavy atom. The van der Waals surface area contributed by atoms with Crippen LogP contribution in [0, 0.1) is 0 Å². The van der Waals surface area contributed by atoms with Crippen LogP contribution in [0.3, 0.4) is 0 Å². The summed E-state index contributed by atoms with van der Waals surface area (Å²) in [4.78, 5) is 0. The summed E-state index contributed by atoms with van der Waals surface area (Å²) in [5.74, 6) is 0.496. The van der Waals surface area contributed by atoms with E-state index in [0.717, 1.165) is 28.5 Å². The van der Waals surface area contributed by atoms with Crippen molar-refractivity contribution >= 4 is 31.9 Å². The summed E-state index contributed by atoms with van der Waals surface area (Å²) in [6.45, 7) is 4.29. The normalized spacial score (nSPS) is 12.3. The molecular weight excluding hydrogens is 390 g/mol. The van der Waals surface area contributed by atoms with Gasteiger partial charge in [0, 0.05) is 21.4 Å². The third kappa shape index (κ3) is 5.57.